The van der Waals surface area contributed by atoms with E-state index in [9.17, 15) is 9.18 Å². The molecule has 1 N–H and O–H groups in total. The van der Waals surface area contributed by atoms with Crippen LogP contribution in [-0.4, -0.2) is 16.0 Å². The first-order valence-corrected chi connectivity index (χ1v) is 8.85. The van der Waals surface area contributed by atoms with Crippen molar-refractivity contribution in [3.8, 4) is 11.3 Å². The molecule has 2 heterocycles. The first-order chi connectivity index (χ1) is 13.5. The van der Waals surface area contributed by atoms with Gasteiger partial charge in [0, 0.05) is 11.3 Å². The molecule has 28 heavy (non-hydrogen) atoms. The highest BCUT2D eigenvalue weighted by Crippen LogP contribution is 2.29. The number of carbonyl (C=O) groups is 1. The number of aromatic nitrogens is 2. The summed E-state index contributed by atoms with van der Waals surface area (Å²) in [6.07, 6.45) is 0. The predicted molar refractivity (Wildman–Crippen MR) is 106 cm³/mol. The number of benzene rings is 2. The lowest BCUT2D eigenvalue weighted by Gasteiger charge is -2.12. The van der Waals surface area contributed by atoms with Crippen LogP contribution in [0.15, 0.2) is 53.1 Å². The van der Waals surface area contributed by atoms with Crippen LogP contribution in [0, 0.1) is 26.6 Å². The Morgan fingerprint density at radius 3 is 2.46 bits per heavy atom. The van der Waals surface area contributed by atoms with E-state index < -0.39 is 5.82 Å². The predicted octanol–water partition coefficient (Wildman–Crippen LogP) is 5.21. The van der Waals surface area contributed by atoms with Gasteiger partial charge in [-0.2, -0.15) is 0 Å². The van der Waals surface area contributed by atoms with Crippen LogP contribution in [0.2, 0.25) is 0 Å². The smallest absolute Gasteiger partial charge is 0.259 e. The maximum absolute atomic E-state index is 14.3. The van der Waals surface area contributed by atoms with E-state index >= 15 is 0 Å². The monoisotopic (exact) mass is 375 g/mol. The van der Waals surface area contributed by atoms with Crippen LogP contribution in [-0.2, 0) is 0 Å². The van der Waals surface area contributed by atoms with Gasteiger partial charge in [0.1, 0.15) is 5.82 Å². The topological polar surface area (TPSA) is 68.0 Å². The Labute approximate surface area is 161 Å². The molecule has 5 nitrogen and oxygen atoms in total. The van der Waals surface area contributed by atoms with Crippen LogP contribution in [0.4, 0.5) is 10.1 Å². The summed E-state index contributed by atoms with van der Waals surface area (Å²) in [5.41, 5.74) is 4.35. The fourth-order valence-corrected chi connectivity index (χ4v) is 3.27. The quantitative estimate of drug-likeness (QED) is 0.534. The average molecular weight is 375 g/mol. The summed E-state index contributed by atoms with van der Waals surface area (Å²) in [5, 5.41) is 7.41. The van der Waals surface area contributed by atoms with Crippen molar-refractivity contribution in [1.29, 1.82) is 0 Å². The molecule has 0 atom stereocenters. The summed E-state index contributed by atoms with van der Waals surface area (Å²) in [4.78, 5) is 17.5. The van der Waals surface area contributed by atoms with Crippen molar-refractivity contribution in [3.05, 3.63) is 76.7 Å². The molecule has 1 amide bonds. The van der Waals surface area contributed by atoms with Gasteiger partial charge in [0.25, 0.3) is 11.6 Å². The van der Waals surface area contributed by atoms with Crippen LogP contribution >= 0.6 is 0 Å². The third kappa shape index (κ3) is 3.03. The first-order valence-electron chi connectivity index (χ1n) is 8.85. The van der Waals surface area contributed by atoms with Gasteiger partial charge in [0.2, 0.25) is 0 Å². The van der Waals surface area contributed by atoms with E-state index in [4.69, 9.17) is 4.52 Å². The lowest BCUT2D eigenvalue weighted by atomic mass is 10.0. The van der Waals surface area contributed by atoms with Gasteiger partial charge in [-0.15, -0.1) is 0 Å². The normalized spacial score (nSPS) is 11.0. The minimum atomic E-state index is -0.424. The Hall–Kier alpha value is -3.54. The summed E-state index contributed by atoms with van der Waals surface area (Å²) in [7, 11) is 0. The maximum Gasteiger partial charge on any atom is 0.259 e. The molecule has 140 valence electrons. The molecule has 2 aromatic carbocycles. The molecule has 4 rings (SSSR count). The third-order valence-corrected chi connectivity index (χ3v) is 4.73. The van der Waals surface area contributed by atoms with Crippen molar-refractivity contribution in [2.24, 2.45) is 0 Å². The summed E-state index contributed by atoms with van der Waals surface area (Å²) in [5.74, 6) is -0.750. The second-order valence-corrected chi connectivity index (χ2v) is 6.70. The highest BCUT2D eigenvalue weighted by Gasteiger charge is 2.21. The summed E-state index contributed by atoms with van der Waals surface area (Å²) in [6.45, 7) is 5.60. The Balaban J connectivity index is 1.87. The number of halogens is 1. The molecule has 0 fully saturated rings. The number of anilines is 1. The Morgan fingerprint density at radius 1 is 1.04 bits per heavy atom. The highest BCUT2D eigenvalue weighted by molar-refractivity contribution is 6.13. The summed E-state index contributed by atoms with van der Waals surface area (Å²) in [6, 6.07) is 13.7. The van der Waals surface area contributed by atoms with Gasteiger partial charge < -0.3 is 9.84 Å². The minimum Gasteiger partial charge on any atom is -0.335 e. The van der Waals surface area contributed by atoms with Gasteiger partial charge in [-0.3, -0.25) is 4.79 Å². The molecule has 0 unspecified atom stereocenters. The molecule has 0 radical (unpaired) electrons. The van der Waals surface area contributed by atoms with Gasteiger partial charge in [0.15, 0.2) is 0 Å². The molecule has 0 aliphatic rings. The Kier molecular flexibility index (Phi) is 4.39. The van der Waals surface area contributed by atoms with Gasteiger partial charge in [-0.25, -0.2) is 9.37 Å². The van der Waals surface area contributed by atoms with E-state index in [-0.39, 0.29) is 11.6 Å². The van der Waals surface area contributed by atoms with Crippen molar-refractivity contribution in [1.82, 2.24) is 10.1 Å². The molecule has 0 aliphatic carbocycles. The molecular formula is C22H18FN3O2. The molecule has 6 heteroatoms. The van der Waals surface area contributed by atoms with Crippen molar-refractivity contribution < 1.29 is 13.7 Å². The van der Waals surface area contributed by atoms with Crippen molar-refractivity contribution >= 4 is 22.7 Å². The first kappa shape index (κ1) is 17.9. The van der Waals surface area contributed by atoms with E-state index in [0.29, 0.717) is 27.9 Å². The van der Waals surface area contributed by atoms with E-state index in [2.05, 4.69) is 15.5 Å². The van der Waals surface area contributed by atoms with E-state index in [1.54, 1.807) is 31.2 Å². The van der Waals surface area contributed by atoms with E-state index in [1.807, 2.05) is 32.0 Å². The minimum absolute atomic E-state index is 0.199. The second-order valence-electron chi connectivity index (χ2n) is 6.70. The fourth-order valence-electron chi connectivity index (χ4n) is 3.27. The van der Waals surface area contributed by atoms with Gasteiger partial charge in [-0.1, -0.05) is 35.5 Å². The largest absolute Gasteiger partial charge is 0.335 e. The highest BCUT2D eigenvalue weighted by atomic mass is 19.1. The van der Waals surface area contributed by atoms with Crippen molar-refractivity contribution in [2.45, 2.75) is 20.8 Å². The number of para-hydroxylation sites is 1. The number of fused-ring (bicyclic) bond motifs is 1. The number of amides is 1. The number of aryl methyl sites for hydroxylation is 3. The molecule has 0 saturated carbocycles. The molecule has 2 aromatic heterocycles. The number of nitrogens with one attached hydrogen (secondary N) is 1. The van der Waals surface area contributed by atoms with Gasteiger partial charge in [-0.05, 0) is 50.1 Å². The molecule has 4 aromatic rings. The van der Waals surface area contributed by atoms with Gasteiger partial charge in [0.05, 0.1) is 22.3 Å². The van der Waals surface area contributed by atoms with E-state index in [1.165, 1.54) is 6.07 Å². The number of nitrogens with zero attached hydrogens (tertiary/aromatic N) is 2. The zero-order valence-corrected chi connectivity index (χ0v) is 15.7. The summed E-state index contributed by atoms with van der Waals surface area (Å²) < 4.78 is 19.6. The molecule has 0 bridgehead atoms. The van der Waals surface area contributed by atoms with Crippen LogP contribution in [0.1, 0.15) is 27.2 Å². The Morgan fingerprint density at radius 2 is 1.75 bits per heavy atom. The van der Waals surface area contributed by atoms with Crippen LogP contribution in [0.5, 0.6) is 0 Å². The van der Waals surface area contributed by atoms with Crippen LogP contribution < -0.4 is 5.32 Å². The number of carbonyl (C=O) groups excluding carboxylic acids is 1. The third-order valence-electron chi connectivity index (χ3n) is 4.73. The lowest BCUT2D eigenvalue weighted by molar-refractivity contribution is 0.102. The van der Waals surface area contributed by atoms with Crippen molar-refractivity contribution in [3.63, 3.8) is 0 Å². The molecular weight excluding hydrogens is 357 g/mol. The fraction of sp³-hybridized carbons (Fsp3) is 0.136. The maximum atomic E-state index is 14.3. The van der Waals surface area contributed by atoms with Gasteiger partial charge >= 0.3 is 0 Å². The SMILES string of the molecule is Cc1cccc(C)c1NC(=O)c1cc(-c2ccccc2F)nc2onc(C)c12. The van der Waals surface area contributed by atoms with Crippen LogP contribution in [0.25, 0.3) is 22.4 Å². The second kappa shape index (κ2) is 6.88. The Bertz CT molecular complexity index is 1190. The lowest BCUT2D eigenvalue weighted by Crippen LogP contribution is -2.15. The van der Waals surface area contributed by atoms with E-state index in [0.717, 1.165) is 16.8 Å². The summed E-state index contributed by atoms with van der Waals surface area (Å²) >= 11 is 0. The zero-order chi connectivity index (χ0) is 19.8. The number of rotatable bonds is 3. The van der Waals surface area contributed by atoms with Crippen molar-refractivity contribution in [2.75, 3.05) is 5.32 Å². The average Bonchev–Trinajstić information content (AvgIpc) is 3.05. The number of hydrogen-bond donors (Lipinski definition) is 1. The number of hydrogen-bond acceptors (Lipinski definition) is 4. The molecule has 0 spiro atoms. The van der Waals surface area contributed by atoms with Crippen LogP contribution in [0.3, 0.4) is 0 Å². The molecule has 0 aliphatic heterocycles. The zero-order valence-electron chi connectivity index (χ0n) is 15.7. The number of pyridine rings is 1. The standard InChI is InChI=1S/C22H18FN3O2/c1-12-7-6-8-13(2)20(12)25-21(27)16-11-18(15-9-4-5-10-17(15)23)24-22-19(16)14(3)26-28-22/h4-11H,1-3H3,(H,25,27). The molecule has 0 saturated heterocycles.